The predicted octanol–water partition coefficient (Wildman–Crippen LogP) is 3.09. The zero-order valence-electron chi connectivity index (χ0n) is 14.6. The third kappa shape index (κ3) is 3.06. The lowest BCUT2D eigenvalue weighted by atomic mass is 9.80. The first-order chi connectivity index (χ1) is 12.6. The second-order valence-electron chi connectivity index (χ2n) is 6.84. The third-order valence-electron chi connectivity index (χ3n) is 5.03. The first kappa shape index (κ1) is 16.7. The smallest absolute Gasteiger partial charge is 0.287 e. The molecule has 0 aliphatic heterocycles. The monoisotopic (exact) mass is 351 g/mol. The highest BCUT2D eigenvalue weighted by atomic mass is 16.5. The van der Waals surface area contributed by atoms with Crippen LogP contribution in [-0.4, -0.2) is 30.3 Å². The molecule has 134 valence electrons. The molecule has 1 aliphatic carbocycles. The number of amides is 1. The van der Waals surface area contributed by atoms with Crippen LogP contribution in [0.5, 0.6) is 5.75 Å². The molecule has 0 bridgehead atoms. The average Bonchev–Trinajstić information content (AvgIpc) is 3.10. The van der Waals surface area contributed by atoms with E-state index in [9.17, 15) is 9.90 Å². The van der Waals surface area contributed by atoms with Crippen molar-refractivity contribution in [2.45, 2.75) is 24.9 Å². The number of benzene rings is 2. The lowest BCUT2D eigenvalue weighted by Crippen LogP contribution is -2.46. The van der Waals surface area contributed by atoms with E-state index >= 15 is 0 Å². The molecule has 0 saturated heterocycles. The predicted molar refractivity (Wildman–Crippen MR) is 98.5 cm³/mol. The first-order valence-electron chi connectivity index (χ1n) is 8.72. The number of carbonyl (C=O) groups excluding carboxylic acids is 1. The molecule has 26 heavy (non-hydrogen) atoms. The summed E-state index contributed by atoms with van der Waals surface area (Å²) in [7, 11) is 1.56. The van der Waals surface area contributed by atoms with Crippen LogP contribution in [0.3, 0.4) is 0 Å². The molecule has 2 aromatic carbocycles. The summed E-state index contributed by atoms with van der Waals surface area (Å²) >= 11 is 0. The number of methoxy groups -OCH3 is 1. The molecule has 1 aliphatic rings. The molecule has 1 amide bonds. The van der Waals surface area contributed by atoms with Crippen molar-refractivity contribution in [3.05, 3.63) is 65.4 Å². The van der Waals surface area contributed by atoms with Gasteiger partial charge in [-0.05, 0) is 36.1 Å². The number of fused-ring (bicyclic) bond motifs is 2. The lowest BCUT2D eigenvalue weighted by molar-refractivity contribution is 0.0256. The van der Waals surface area contributed by atoms with Gasteiger partial charge in [-0.25, -0.2) is 0 Å². The van der Waals surface area contributed by atoms with Crippen molar-refractivity contribution >= 4 is 16.9 Å². The Hall–Kier alpha value is -2.79. The molecule has 0 saturated carbocycles. The molecular weight excluding hydrogens is 330 g/mol. The zero-order chi connectivity index (χ0) is 18.1. The Kier molecular flexibility index (Phi) is 4.17. The minimum atomic E-state index is -0.937. The minimum Gasteiger partial charge on any atom is -0.493 e. The maximum Gasteiger partial charge on any atom is 0.287 e. The molecule has 0 spiro atoms. The van der Waals surface area contributed by atoms with Gasteiger partial charge in [0.1, 0.15) is 0 Å². The number of nitrogens with one attached hydrogen (secondary N) is 1. The van der Waals surface area contributed by atoms with Gasteiger partial charge in [0.15, 0.2) is 17.1 Å². The van der Waals surface area contributed by atoms with Crippen molar-refractivity contribution in [3.63, 3.8) is 0 Å². The van der Waals surface area contributed by atoms with Crippen LogP contribution in [0, 0.1) is 0 Å². The number of hydrogen-bond acceptors (Lipinski definition) is 4. The van der Waals surface area contributed by atoms with Gasteiger partial charge in [0.25, 0.3) is 5.91 Å². The summed E-state index contributed by atoms with van der Waals surface area (Å²) in [6.07, 6.45) is 1.97. The molecule has 1 heterocycles. The first-order valence-corrected chi connectivity index (χ1v) is 8.72. The zero-order valence-corrected chi connectivity index (χ0v) is 14.6. The number of aliphatic hydroxyl groups is 1. The molecule has 4 rings (SSSR count). The van der Waals surface area contributed by atoms with Crippen LogP contribution in [0.25, 0.3) is 11.0 Å². The Labute approximate surface area is 151 Å². The van der Waals surface area contributed by atoms with E-state index in [0.29, 0.717) is 24.2 Å². The van der Waals surface area contributed by atoms with E-state index in [1.807, 2.05) is 30.3 Å². The highest BCUT2D eigenvalue weighted by molar-refractivity contribution is 5.97. The number of ether oxygens (including phenoxy) is 1. The van der Waals surface area contributed by atoms with Gasteiger partial charge < -0.3 is 19.6 Å². The largest absolute Gasteiger partial charge is 0.493 e. The fourth-order valence-corrected chi connectivity index (χ4v) is 3.58. The highest BCUT2D eigenvalue weighted by Crippen LogP contribution is 2.30. The highest BCUT2D eigenvalue weighted by Gasteiger charge is 2.32. The number of rotatable bonds is 4. The Balaban J connectivity index is 1.47. The van der Waals surface area contributed by atoms with Crippen LogP contribution >= 0.6 is 0 Å². The van der Waals surface area contributed by atoms with E-state index in [4.69, 9.17) is 9.15 Å². The van der Waals surface area contributed by atoms with E-state index in [1.165, 1.54) is 5.56 Å². The van der Waals surface area contributed by atoms with Crippen LogP contribution in [0.15, 0.2) is 52.9 Å². The second-order valence-corrected chi connectivity index (χ2v) is 6.84. The van der Waals surface area contributed by atoms with Gasteiger partial charge in [-0.3, -0.25) is 4.79 Å². The molecule has 1 atom stereocenters. The topological polar surface area (TPSA) is 71.7 Å². The van der Waals surface area contributed by atoms with Crippen molar-refractivity contribution in [3.8, 4) is 5.75 Å². The molecule has 1 aromatic heterocycles. The van der Waals surface area contributed by atoms with Crippen molar-refractivity contribution in [2.75, 3.05) is 13.7 Å². The number of aryl methyl sites for hydroxylation is 1. The summed E-state index contributed by atoms with van der Waals surface area (Å²) in [6, 6.07) is 15.3. The minimum absolute atomic E-state index is 0.189. The van der Waals surface area contributed by atoms with Crippen LogP contribution in [0.1, 0.15) is 28.1 Å². The molecule has 2 N–H and O–H groups in total. The molecule has 5 heteroatoms. The molecule has 0 unspecified atom stereocenters. The van der Waals surface area contributed by atoms with Crippen LogP contribution in [-0.2, 0) is 12.8 Å². The average molecular weight is 351 g/mol. The number of para-hydroxylation sites is 1. The molecule has 5 nitrogen and oxygen atoms in total. The van der Waals surface area contributed by atoms with Gasteiger partial charge >= 0.3 is 0 Å². The third-order valence-corrected chi connectivity index (χ3v) is 5.03. The standard InChI is InChI=1S/C21H21NO4/c1-25-17-8-4-7-15-11-18(26-19(15)17)20(23)22-13-21(24)10-9-14-5-2-3-6-16(14)12-21/h2-8,11,24H,9-10,12-13H2,1H3,(H,22,23)/t21-/m0/s1. The van der Waals surface area contributed by atoms with Crippen LogP contribution in [0.4, 0.5) is 0 Å². The van der Waals surface area contributed by atoms with Crippen LogP contribution in [0.2, 0.25) is 0 Å². The summed E-state index contributed by atoms with van der Waals surface area (Å²) in [5, 5.41) is 14.5. The maximum atomic E-state index is 12.5. The van der Waals surface area contributed by atoms with Crippen molar-refractivity contribution in [1.82, 2.24) is 5.32 Å². The quantitative estimate of drug-likeness (QED) is 0.758. The van der Waals surface area contributed by atoms with Gasteiger partial charge in [0, 0.05) is 18.4 Å². The van der Waals surface area contributed by atoms with Crippen LogP contribution < -0.4 is 10.1 Å². The Morgan fingerprint density at radius 3 is 2.85 bits per heavy atom. The van der Waals surface area contributed by atoms with Crippen molar-refractivity contribution in [1.29, 1.82) is 0 Å². The van der Waals surface area contributed by atoms with Gasteiger partial charge in [-0.2, -0.15) is 0 Å². The van der Waals surface area contributed by atoms with E-state index in [-0.39, 0.29) is 18.2 Å². The lowest BCUT2D eigenvalue weighted by Gasteiger charge is -2.33. The van der Waals surface area contributed by atoms with Gasteiger partial charge in [-0.1, -0.05) is 36.4 Å². The number of furan rings is 1. The number of hydrogen-bond donors (Lipinski definition) is 2. The summed E-state index contributed by atoms with van der Waals surface area (Å²) in [6.45, 7) is 0.189. The van der Waals surface area contributed by atoms with Crippen molar-refractivity contribution in [2.24, 2.45) is 0 Å². The van der Waals surface area contributed by atoms with Gasteiger partial charge in [0.05, 0.1) is 12.7 Å². The van der Waals surface area contributed by atoms with E-state index in [2.05, 4.69) is 11.4 Å². The van der Waals surface area contributed by atoms with E-state index < -0.39 is 5.60 Å². The van der Waals surface area contributed by atoms with E-state index in [0.717, 1.165) is 17.4 Å². The molecule has 0 fully saturated rings. The second kappa shape index (κ2) is 6.50. The molecule has 3 aromatic rings. The summed E-state index contributed by atoms with van der Waals surface area (Å²) in [5.74, 6) is 0.462. The maximum absolute atomic E-state index is 12.5. The molecular formula is C21H21NO4. The normalized spacial score (nSPS) is 19.2. The Bertz CT molecular complexity index is 962. The van der Waals surface area contributed by atoms with Gasteiger partial charge in [-0.15, -0.1) is 0 Å². The fourth-order valence-electron chi connectivity index (χ4n) is 3.58. The van der Waals surface area contributed by atoms with Gasteiger partial charge in [0.2, 0.25) is 0 Å². The Morgan fingerprint density at radius 1 is 1.23 bits per heavy atom. The van der Waals surface area contributed by atoms with Crippen molar-refractivity contribution < 1.29 is 19.1 Å². The summed E-state index contributed by atoms with van der Waals surface area (Å²) in [5.41, 5.74) is 2.02. The number of carbonyl (C=O) groups is 1. The Morgan fingerprint density at radius 2 is 2.04 bits per heavy atom. The SMILES string of the molecule is COc1cccc2cc(C(=O)NC[C@]3(O)CCc4ccccc4C3)oc12. The van der Waals surface area contributed by atoms with E-state index in [1.54, 1.807) is 19.2 Å². The fraction of sp³-hybridized carbons (Fsp3) is 0.286. The summed E-state index contributed by atoms with van der Waals surface area (Å²) in [4.78, 5) is 12.5. The molecule has 0 radical (unpaired) electrons. The summed E-state index contributed by atoms with van der Waals surface area (Å²) < 4.78 is 10.9.